The molecule has 2 unspecified atom stereocenters. The van der Waals surface area contributed by atoms with Gasteiger partial charge in [-0.3, -0.25) is 4.21 Å². The molecule has 19 heavy (non-hydrogen) atoms. The van der Waals surface area contributed by atoms with Crippen molar-refractivity contribution >= 4 is 16.8 Å². The molecule has 4 nitrogen and oxygen atoms in total. The lowest BCUT2D eigenvalue weighted by molar-refractivity contribution is 0.0661. The number of carbonyl (C=O) groups is 1. The minimum atomic E-state index is -1.15. The van der Waals surface area contributed by atoms with Crippen molar-refractivity contribution in [3.05, 3.63) is 59.5 Å². The zero-order valence-corrected chi connectivity index (χ0v) is 11.2. The fourth-order valence-corrected chi connectivity index (χ4v) is 2.86. The van der Waals surface area contributed by atoms with Gasteiger partial charge in [-0.05, 0) is 24.6 Å². The SMILES string of the molecule is CC(c1ccccc1)S(=O)Cc1ccc(C(=O)O)o1. The van der Waals surface area contributed by atoms with Crippen LogP contribution in [-0.2, 0) is 16.6 Å². The second kappa shape index (κ2) is 5.84. The molecule has 1 aromatic carbocycles. The van der Waals surface area contributed by atoms with Crippen LogP contribution in [-0.4, -0.2) is 15.3 Å². The number of hydrogen-bond donors (Lipinski definition) is 1. The predicted molar refractivity (Wildman–Crippen MR) is 72.4 cm³/mol. The fourth-order valence-electron chi connectivity index (χ4n) is 1.71. The molecule has 0 saturated heterocycles. The van der Waals surface area contributed by atoms with E-state index in [0.29, 0.717) is 5.76 Å². The summed E-state index contributed by atoms with van der Waals surface area (Å²) in [5, 5.41) is 8.62. The Bertz CT molecular complexity index is 589. The summed E-state index contributed by atoms with van der Waals surface area (Å²) in [6, 6.07) is 12.5. The van der Waals surface area contributed by atoms with E-state index in [9.17, 15) is 9.00 Å². The highest BCUT2D eigenvalue weighted by atomic mass is 32.2. The van der Waals surface area contributed by atoms with Crippen LogP contribution in [0.1, 0.15) is 34.1 Å². The van der Waals surface area contributed by atoms with E-state index >= 15 is 0 Å². The molecule has 0 aliphatic rings. The number of furan rings is 1. The van der Waals surface area contributed by atoms with Crippen LogP contribution >= 0.6 is 0 Å². The molecule has 0 spiro atoms. The summed E-state index contributed by atoms with van der Waals surface area (Å²) in [5.41, 5.74) is 0.992. The Morgan fingerprint density at radius 2 is 1.95 bits per heavy atom. The number of rotatable bonds is 5. The van der Waals surface area contributed by atoms with E-state index in [1.54, 1.807) is 6.07 Å². The molecular formula is C14H14O4S. The van der Waals surface area contributed by atoms with Gasteiger partial charge in [-0.25, -0.2) is 4.79 Å². The Hall–Kier alpha value is -1.88. The highest BCUT2D eigenvalue weighted by molar-refractivity contribution is 7.84. The molecule has 0 amide bonds. The third-order valence-electron chi connectivity index (χ3n) is 2.82. The molecule has 0 aliphatic carbocycles. The van der Waals surface area contributed by atoms with Crippen LogP contribution in [0.2, 0.25) is 0 Å². The first kappa shape index (κ1) is 13.5. The van der Waals surface area contributed by atoms with Crippen molar-refractivity contribution < 1.29 is 18.5 Å². The first-order valence-corrected chi connectivity index (χ1v) is 7.20. The molecule has 0 saturated carbocycles. The number of benzene rings is 1. The van der Waals surface area contributed by atoms with Crippen LogP contribution in [0.3, 0.4) is 0 Å². The van der Waals surface area contributed by atoms with Crippen molar-refractivity contribution in [1.29, 1.82) is 0 Å². The van der Waals surface area contributed by atoms with E-state index < -0.39 is 16.8 Å². The smallest absolute Gasteiger partial charge is 0.371 e. The normalized spacial score (nSPS) is 13.9. The van der Waals surface area contributed by atoms with Crippen LogP contribution < -0.4 is 0 Å². The van der Waals surface area contributed by atoms with Gasteiger partial charge in [-0.15, -0.1) is 0 Å². The molecular weight excluding hydrogens is 264 g/mol. The standard InChI is InChI=1S/C14H14O4S/c1-10(11-5-3-2-4-6-11)19(17)9-12-7-8-13(18-12)14(15)16/h2-8,10H,9H2,1H3,(H,15,16). The lowest BCUT2D eigenvalue weighted by atomic mass is 10.2. The van der Waals surface area contributed by atoms with E-state index in [1.807, 2.05) is 37.3 Å². The average molecular weight is 278 g/mol. The van der Waals surface area contributed by atoms with Crippen molar-refractivity contribution in [3.8, 4) is 0 Å². The van der Waals surface area contributed by atoms with Crippen LogP contribution in [0, 0.1) is 0 Å². The molecule has 0 radical (unpaired) electrons. The van der Waals surface area contributed by atoms with Gasteiger partial charge in [0.2, 0.25) is 5.76 Å². The van der Waals surface area contributed by atoms with E-state index in [2.05, 4.69) is 0 Å². The summed E-state index contributed by atoms with van der Waals surface area (Å²) in [6.07, 6.45) is 0. The molecule has 5 heteroatoms. The van der Waals surface area contributed by atoms with Crippen molar-refractivity contribution in [1.82, 2.24) is 0 Å². The second-order valence-corrected chi connectivity index (χ2v) is 5.91. The van der Waals surface area contributed by atoms with Gasteiger partial charge in [0.05, 0.1) is 11.0 Å². The van der Waals surface area contributed by atoms with Gasteiger partial charge in [-0.1, -0.05) is 30.3 Å². The topological polar surface area (TPSA) is 67.5 Å². The third-order valence-corrected chi connectivity index (χ3v) is 4.45. The molecule has 1 heterocycles. The van der Waals surface area contributed by atoms with E-state index in [0.717, 1.165) is 5.56 Å². The maximum atomic E-state index is 12.2. The van der Waals surface area contributed by atoms with Crippen LogP contribution in [0.4, 0.5) is 0 Å². The van der Waals surface area contributed by atoms with Gasteiger partial charge in [-0.2, -0.15) is 0 Å². The molecule has 0 fully saturated rings. The zero-order valence-electron chi connectivity index (χ0n) is 10.4. The lowest BCUT2D eigenvalue weighted by Crippen LogP contribution is -2.04. The van der Waals surface area contributed by atoms with E-state index in [1.165, 1.54) is 6.07 Å². The Kier molecular flexibility index (Phi) is 4.16. The molecule has 100 valence electrons. The largest absolute Gasteiger partial charge is 0.475 e. The highest BCUT2D eigenvalue weighted by Crippen LogP contribution is 2.22. The van der Waals surface area contributed by atoms with E-state index in [4.69, 9.17) is 9.52 Å². The molecule has 2 rings (SSSR count). The first-order chi connectivity index (χ1) is 9.08. The minimum Gasteiger partial charge on any atom is -0.475 e. The fraction of sp³-hybridized carbons (Fsp3) is 0.214. The predicted octanol–water partition coefficient (Wildman–Crippen LogP) is 2.99. The average Bonchev–Trinajstić information content (AvgIpc) is 2.87. The van der Waals surface area contributed by atoms with Crippen molar-refractivity contribution in [3.63, 3.8) is 0 Å². The lowest BCUT2D eigenvalue weighted by Gasteiger charge is -2.10. The Labute approximate surface area is 113 Å². The number of aromatic carboxylic acids is 1. The first-order valence-electron chi connectivity index (χ1n) is 5.82. The molecule has 2 aromatic rings. The minimum absolute atomic E-state index is 0.125. The molecule has 1 aromatic heterocycles. The molecule has 1 N–H and O–H groups in total. The summed E-state index contributed by atoms with van der Waals surface area (Å²) in [6.45, 7) is 1.88. The van der Waals surface area contributed by atoms with Gasteiger partial charge in [0.15, 0.2) is 0 Å². The molecule has 2 atom stereocenters. The van der Waals surface area contributed by atoms with Gasteiger partial charge in [0.1, 0.15) is 5.76 Å². The summed E-state index contributed by atoms with van der Waals surface area (Å²) >= 11 is 0. The summed E-state index contributed by atoms with van der Waals surface area (Å²) in [5.74, 6) is -0.602. The van der Waals surface area contributed by atoms with Gasteiger partial charge in [0, 0.05) is 10.8 Å². The van der Waals surface area contributed by atoms with Crippen LogP contribution in [0.15, 0.2) is 46.9 Å². The van der Waals surface area contributed by atoms with Gasteiger partial charge < -0.3 is 9.52 Å². The van der Waals surface area contributed by atoms with Crippen molar-refractivity contribution in [2.75, 3.05) is 0 Å². The maximum Gasteiger partial charge on any atom is 0.371 e. The quantitative estimate of drug-likeness (QED) is 0.913. The Balaban J connectivity index is 2.06. The van der Waals surface area contributed by atoms with Crippen LogP contribution in [0.25, 0.3) is 0 Å². The zero-order chi connectivity index (χ0) is 13.8. The number of hydrogen-bond acceptors (Lipinski definition) is 3. The van der Waals surface area contributed by atoms with Crippen LogP contribution in [0.5, 0.6) is 0 Å². The van der Waals surface area contributed by atoms with Gasteiger partial charge in [0.25, 0.3) is 0 Å². The second-order valence-electron chi connectivity index (χ2n) is 4.15. The number of carboxylic acids is 1. The summed E-state index contributed by atoms with van der Waals surface area (Å²) in [7, 11) is -1.15. The number of carboxylic acid groups (broad SMARTS) is 1. The molecule has 0 bridgehead atoms. The summed E-state index contributed by atoms with van der Waals surface area (Å²) < 4.78 is 17.3. The van der Waals surface area contributed by atoms with E-state index in [-0.39, 0.29) is 16.8 Å². The highest BCUT2D eigenvalue weighted by Gasteiger charge is 2.16. The van der Waals surface area contributed by atoms with Gasteiger partial charge >= 0.3 is 5.97 Å². The summed E-state index contributed by atoms with van der Waals surface area (Å²) in [4.78, 5) is 10.7. The third kappa shape index (κ3) is 3.32. The molecule has 0 aliphatic heterocycles. The Morgan fingerprint density at radius 3 is 2.53 bits per heavy atom. The monoisotopic (exact) mass is 278 g/mol. The van der Waals surface area contributed by atoms with Crippen molar-refractivity contribution in [2.45, 2.75) is 17.9 Å². The Morgan fingerprint density at radius 1 is 1.26 bits per heavy atom. The maximum absolute atomic E-state index is 12.2. The van der Waals surface area contributed by atoms with Crippen molar-refractivity contribution in [2.24, 2.45) is 0 Å².